The summed E-state index contributed by atoms with van der Waals surface area (Å²) in [5.74, 6) is -0.196. The lowest BCUT2D eigenvalue weighted by molar-refractivity contribution is -0.113. The lowest BCUT2D eigenvalue weighted by atomic mass is 9.81. The monoisotopic (exact) mass is 463 g/mol. The molecule has 0 saturated heterocycles. The van der Waals surface area contributed by atoms with Gasteiger partial charge in [0.05, 0.1) is 17.9 Å². The van der Waals surface area contributed by atoms with E-state index in [1.165, 1.54) is 23.1 Å². The molecular formula is C21H29N5O3S2. The molecule has 0 aliphatic carbocycles. The number of nitrogen functional groups attached to an aromatic ring is 1. The highest BCUT2D eigenvalue weighted by atomic mass is 32.2. The molecule has 31 heavy (non-hydrogen) atoms. The number of hydrogen-bond acceptors (Lipinski definition) is 9. The predicted molar refractivity (Wildman–Crippen MR) is 125 cm³/mol. The minimum Gasteiger partial charge on any atom is -0.462 e. The second-order valence-electron chi connectivity index (χ2n) is 8.70. The van der Waals surface area contributed by atoms with E-state index in [1.807, 2.05) is 6.92 Å². The zero-order valence-electron chi connectivity index (χ0n) is 18.7. The van der Waals surface area contributed by atoms with Crippen LogP contribution < -0.4 is 16.4 Å². The Balaban J connectivity index is 1.87. The molecule has 1 aliphatic heterocycles. The van der Waals surface area contributed by atoms with Crippen LogP contribution >= 0.6 is 23.1 Å². The van der Waals surface area contributed by atoms with Crippen LogP contribution in [-0.4, -0.2) is 39.7 Å². The van der Waals surface area contributed by atoms with Gasteiger partial charge < -0.3 is 21.1 Å². The second-order valence-corrected chi connectivity index (χ2v) is 10.7. The quantitative estimate of drug-likeness (QED) is 0.338. The summed E-state index contributed by atoms with van der Waals surface area (Å²) in [6, 6.07) is 1.67. The molecule has 0 aromatic carbocycles. The second kappa shape index (κ2) is 8.76. The topological polar surface area (TPSA) is 119 Å². The van der Waals surface area contributed by atoms with E-state index in [4.69, 9.17) is 10.5 Å². The van der Waals surface area contributed by atoms with Crippen molar-refractivity contribution in [1.82, 2.24) is 15.3 Å². The Kier molecular flexibility index (Phi) is 6.64. The van der Waals surface area contributed by atoms with Crippen molar-refractivity contribution < 1.29 is 14.3 Å². The first-order valence-electron chi connectivity index (χ1n) is 10.1. The summed E-state index contributed by atoms with van der Waals surface area (Å²) >= 11 is 2.62. The van der Waals surface area contributed by atoms with Crippen LogP contribution in [-0.2, 0) is 21.5 Å². The van der Waals surface area contributed by atoms with Gasteiger partial charge in [-0.05, 0) is 53.5 Å². The smallest absolute Gasteiger partial charge is 0.341 e. The number of nitrogens with one attached hydrogen (secondary N) is 2. The molecule has 4 N–H and O–H groups in total. The van der Waals surface area contributed by atoms with Gasteiger partial charge in [-0.2, -0.15) is 0 Å². The van der Waals surface area contributed by atoms with Crippen LogP contribution in [0.2, 0.25) is 0 Å². The van der Waals surface area contributed by atoms with Crippen LogP contribution in [0.4, 0.5) is 10.8 Å². The number of nitrogens with two attached hydrogens (primary N) is 1. The third-order valence-corrected chi connectivity index (χ3v) is 7.08. The molecule has 3 heterocycles. The number of aryl methyl sites for hydroxylation is 1. The van der Waals surface area contributed by atoms with E-state index < -0.39 is 5.97 Å². The average molecular weight is 464 g/mol. The molecule has 1 aliphatic rings. The number of ether oxygens (including phenoxy) is 1. The average Bonchev–Trinajstić information content (AvgIpc) is 2.96. The van der Waals surface area contributed by atoms with E-state index in [0.29, 0.717) is 28.0 Å². The predicted octanol–water partition coefficient (Wildman–Crippen LogP) is 3.50. The Bertz CT molecular complexity index is 996. The Morgan fingerprint density at radius 3 is 2.68 bits per heavy atom. The van der Waals surface area contributed by atoms with Crippen LogP contribution in [0.25, 0.3) is 0 Å². The van der Waals surface area contributed by atoms with Gasteiger partial charge in [0.2, 0.25) is 5.91 Å². The molecule has 2 aromatic heterocycles. The van der Waals surface area contributed by atoms with Crippen molar-refractivity contribution in [3.05, 3.63) is 27.8 Å². The molecule has 0 spiro atoms. The number of rotatable bonds is 6. The van der Waals surface area contributed by atoms with Crippen LogP contribution in [0.15, 0.2) is 11.2 Å². The molecule has 0 saturated carbocycles. The molecule has 0 atom stereocenters. The Labute approximate surface area is 190 Å². The summed E-state index contributed by atoms with van der Waals surface area (Å²) in [5.41, 5.74) is 7.35. The summed E-state index contributed by atoms with van der Waals surface area (Å²) < 4.78 is 5.32. The van der Waals surface area contributed by atoms with Gasteiger partial charge in [-0.25, -0.2) is 14.8 Å². The number of aromatic nitrogens is 2. The molecule has 0 unspecified atom stereocenters. The highest BCUT2D eigenvalue weighted by Gasteiger charge is 2.42. The zero-order valence-corrected chi connectivity index (χ0v) is 20.3. The van der Waals surface area contributed by atoms with E-state index in [-0.39, 0.29) is 29.3 Å². The maximum Gasteiger partial charge on any atom is 0.341 e. The van der Waals surface area contributed by atoms with Crippen molar-refractivity contribution in [2.45, 2.75) is 64.2 Å². The molecule has 0 bridgehead atoms. The van der Waals surface area contributed by atoms with E-state index in [2.05, 4.69) is 48.3 Å². The van der Waals surface area contributed by atoms with Gasteiger partial charge in [-0.15, -0.1) is 11.3 Å². The van der Waals surface area contributed by atoms with Gasteiger partial charge >= 0.3 is 5.97 Å². The first kappa shape index (κ1) is 23.5. The molecule has 1 amide bonds. The van der Waals surface area contributed by atoms with Gasteiger partial charge in [0.25, 0.3) is 0 Å². The minimum atomic E-state index is -0.411. The number of thiophene rings is 1. The minimum absolute atomic E-state index is 0.0981. The third-order valence-electron chi connectivity index (χ3n) is 4.76. The summed E-state index contributed by atoms with van der Waals surface area (Å²) in [6.45, 7) is 12.2. The lowest BCUT2D eigenvalue weighted by Crippen LogP contribution is -2.55. The molecule has 0 fully saturated rings. The molecule has 10 heteroatoms. The fraction of sp³-hybridized carbons (Fsp3) is 0.524. The largest absolute Gasteiger partial charge is 0.462 e. The normalized spacial score (nSPS) is 16.5. The number of fused-ring (bicyclic) bond motifs is 1. The molecule has 168 valence electrons. The number of nitrogens with zero attached hydrogens (tertiary/aromatic N) is 2. The van der Waals surface area contributed by atoms with Crippen LogP contribution in [0.5, 0.6) is 0 Å². The van der Waals surface area contributed by atoms with Crippen molar-refractivity contribution in [1.29, 1.82) is 0 Å². The van der Waals surface area contributed by atoms with Crippen molar-refractivity contribution >= 4 is 45.8 Å². The third kappa shape index (κ3) is 5.36. The Hall–Kier alpha value is -2.17. The van der Waals surface area contributed by atoms with Crippen molar-refractivity contribution in [3.8, 4) is 0 Å². The Morgan fingerprint density at radius 1 is 1.32 bits per heavy atom. The van der Waals surface area contributed by atoms with E-state index in [1.54, 1.807) is 13.0 Å². The standard InChI is InChI=1S/C21H29N5O3S2/c1-7-29-18(28)15-12-9-20(3,4)26-21(5,6)16(12)31-17(15)25-14(27)10-30-19-23-11(2)8-13(22)24-19/h8,26H,7,9-10H2,1-6H3,(H,25,27)(H2,22,23,24). The van der Waals surface area contributed by atoms with Crippen molar-refractivity contribution in [2.75, 3.05) is 23.4 Å². The molecule has 3 rings (SSSR count). The summed E-state index contributed by atoms with van der Waals surface area (Å²) in [5, 5.41) is 7.50. The van der Waals surface area contributed by atoms with Gasteiger partial charge in [-0.1, -0.05) is 11.8 Å². The van der Waals surface area contributed by atoms with Gasteiger partial charge in [0.15, 0.2) is 5.16 Å². The SMILES string of the molecule is CCOC(=O)c1c(NC(=O)CSc2nc(C)cc(N)n2)sc2c1CC(C)(C)NC2(C)C. The first-order valence-corrected chi connectivity index (χ1v) is 11.9. The number of amides is 1. The van der Waals surface area contributed by atoms with Crippen LogP contribution in [0.3, 0.4) is 0 Å². The van der Waals surface area contributed by atoms with Crippen LogP contribution in [0.1, 0.15) is 61.1 Å². The number of esters is 1. The van der Waals surface area contributed by atoms with Crippen LogP contribution in [0, 0.1) is 6.92 Å². The number of carbonyl (C=O) groups excluding carboxylic acids is 2. The fourth-order valence-corrected chi connectivity index (χ4v) is 5.95. The lowest BCUT2D eigenvalue weighted by Gasteiger charge is -2.42. The van der Waals surface area contributed by atoms with Gasteiger partial charge in [0.1, 0.15) is 10.8 Å². The maximum atomic E-state index is 12.8. The highest BCUT2D eigenvalue weighted by molar-refractivity contribution is 7.99. The molecular weight excluding hydrogens is 434 g/mol. The number of thioether (sulfide) groups is 1. The van der Waals surface area contributed by atoms with Gasteiger partial charge in [-0.3, -0.25) is 4.79 Å². The molecule has 8 nitrogen and oxygen atoms in total. The fourth-order valence-electron chi connectivity index (χ4n) is 3.96. The van der Waals surface area contributed by atoms with Crippen molar-refractivity contribution in [2.24, 2.45) is 0 Å². The number of hydrogen-bond donors (Lipinski definition) is 3. The number of carbonyl (C=O) groups is 2. The van der Waals surface area contributed by atoms with E-state index in [0.717, 1.165) is 16.1 Å². The summed E-state index contributed by atoms with van der Waals surface area (Å²) in [6.07, 6.45) is 0.664. The Morgan fingerprint density at radius 2 is 2.03 bits per heavy atom. The highest BCUT2D eigenvalue weighted by Crippen LogP contribution is 2.45. The molecule has 2 aromatic rings. The van der Waals surface area contributed by atoms with Crippen molar-refractivity contribution in [3.63, 3.8) is 0 Å². The summed E-state index contributed by atoms with van der Waals surface area (Å²) in [4.78, 5) is 35.0. The van der Waals surface area contributed by atoms with Gasteiger partial charge in [0, 0.05) is 27.7 Å². The number of anilines is 2. The zero-order chi connectivity index (χ0) is 23.0. The summed E-state index contributed by atoms with van der Waals surface area (Å²) in [7, 11) is 0. The first-order chi connectivity index (χ1) is 14.4. The maximum absolute atomic E-state index is 12.8. The molecule has 0 radical (unpaired) electrons. The van der Waals surface area contributed by atoms with E-state index >= 15 is 0 Å². The van der Waals surface area contributed by atoms with E-state index in [9.17, 15) is 9.59 Å².